The van der Waals surface area contributed by atoms with Crippen LogP contribution in [0.15, 0.2) is 0 Å². The van der Waals surface area contributed by atoms with E-state index in [0.29, 0.717) is 5.41 Å². The predicted octanol–water partition coefficient (Wildman–Crippen LogP) is 3.21. The Labute approximate surface area is 89.7 Å². The summed E-state index contributed by atoms with van der Waals surface area (Å²) in [5.41, 5.74) is 0.442. The molecule has 0 bridgehead atoms. The topological polar surface area (TPSA) is 12.0 Å². The van der Waals surface area contributed by atoms with Crippen LogP contribution in [-0.2, 0) is 0 Å². The van der Waals surface area contributed by atoms with E-state index in [-0.39, 0.29) is 0 Å². The first-order valence-electron chi connectivity index (χ1n) is 5.76. The maximum Gasteiger partial charge on any atom is 0.00862 e. The Balaban J connectivity index is 3.46. The van der Waals surface area contributed by atoms with Crippen LogP contribution in [0.2, 0.25) is 0 Å². The molecule has 0 aliphatic rings. The number of unbranched alkanes of at least 4 members (excludes halogenated alkanes) is 1. The van der Waals surface area contributed by atoms with E-state index >= 15 is 0 Å². The summed E-state index contributed by atoms with van der Waals surface area (Å²) in [6.07, 6.45) is 11.0. The third-order valence-electron chi connectivity index (χ3n) is 2.58. The third-order valence-corrected chi connectivity index (χ3v) is 2.58. The van der Waals surface area contributed by atoms with Gasteiger partial charge in [0.25, 0.3) is 0 Å². The van der Waals surface area contributed by atoms with Crippen molar-refractivity contribution in [3.63, 3.8) is 0 Å². The van der Waals surface area contributed by atoms with Crippen molar-refractivity contribution in [2.24, 2.45) is 5.41 Å². The number of hydrogen-bond acceptors (Lipinski definition) is 1. The average Bonchev–Trinajstić information content (AvgIpc) is 2.13. The second-order valence-electron chi connectivity index (χ2n) is 4.72. The van der Waals surface area contributed by atoms with Gasteiger partial charge in [0.2, 0.25) is 0 Å². The van der Waals surface area contributed by atoms with E-state index in [4.69, 9.17) is 6.42 Å². The lowest BCUT2D eigenvalue weighted by molar-refractivity contribution is 0.296. The lowest BCUT2D eigenvalue weighted by Crippen LogP contribution is -2.23. The van der Waals surface area contributed by atoms with Crippen molar-refractivity contribution in [3.05, 3.63) is 0 Å². The minimum absolute atomic E-state index is 0.442. The van der Waals surface area contributed by atoms with Crippen molar-refractivity contribution in [1.29, 1.82) is 0 Å². The fourth-order valence-corrected chi connectivity index (χ4v) is 1.52. The molecular formula is C13H25N. The minimum Gasteiger partial charge on any atom is -0.317 e. The van der Waals surface area contributed by atoms with Gasteiger partial charge >= 0.3 is 0 Å². The fourth-order valence-electron chi connectivity index (χ4n) is 1.52. The molecule has 1 heteroatoms. The standard InChI is InChI=1S/C13H25N/c1-5-7-8-9-13(3,4)10-12-14-11-6-2/h1,14H,6-12H2,2-4H3. The molecule has 0 aromatic carbocycles. The minimum atomic E-state index is 0.442. The summed E-state index contributed by atoms with van der Waals surface area (Å²) in [5.74, 6) is 2.70. The second-order valence-corrected chi connectivity index (χ2v) is 4.72. The molecule has 0 rings (SSSR count). The summed E-state index contributed by atoms with van der Waals surface area (Å²) >= 11 is 0. The largest absolute Gasteiger partial charge is 0.317 e. The van der Waals surface area contributed by atoms with Crippen LogP contribution in [0.1, 0.15) is 52.9 Å². The lowest BCUT2D eigenvalue weighted by Gasteiger charge is -2.24. The summed E-state index contributed by atoms with van der Waals surface area (Å²) in [4.78, 5) is 0. The predicted molar refractivity (Wildman–Crippen MR) is 64.2 cm³/mol. The van der Waals surface area contributed by atoms with Crippen LogP contribution in [0.5, 0.6) is 0 Å². The highest BCUT2D eigenvalue weighted by Crippen LogP contribution is 2.26. The van der Waals surface area contributed by atoms with Crippen molar-refractivity contribution < 1.29 is 0 Å². The molecule has 0 amide bonds. The molecule has 0 fully saturated rings. The van der Waals surface area contributed by atoms with E-state index < -0.39 is 0 Å². The molecule has 0 radical (unpaired) electrons. The Bertz CT molecular complexity index is 165. The van der Waals surface area contributed by atoms with Gasteiger partial charge < -0.3 is 5.32 Å². The molecular weight excluding hydrogens is 170 g/mol. The highest BCUT2D eigenvalue weighted by Gasteiger charge is 2.15. The first-order valence-corrected chi connectivity index (χ1v) is 5.76. The van der Waals surface area contributed by atoms with Crippen LogP contribution in [0, 0.1) is 17.8 Å². The van der Waals surface area contributed by atoms with Crippen molar-refractivity contribution in [2.45, 2.75) is 52.9 Å². The SMILES string of the molecule is C#CCCCC(C)(C)CCNCCC. The van der Waals surface area contributed by atoms with Crippen LogP contribution in [0.3, 0.4) is 0 Å². The molecule has 82 valence electrons. The van der Waals surface area contributed by atoms with Gasteiger partial charge in [-0.2, -0.15) is 0 Å². The van der Waals surface area contributed by atoms with Gasteiger partial charge in [-0.25, -0.2) is 0 Å². The van der Waals surface area contributed by atoms with Gasteiger partial charge in [0.15, 0.2) is 0 Å². The molecule has 0 saturated carbocycles. The zero-order valence-electron chi connectivity index (χ0n) is 10.0. The van der Waals surface area contributed by atoms with Gasteiger partial charge in [-0.05, 0) is 44.2 Å². The molecule has 1 nitrogen and oxygen atoms in total. The van der Waals surface area contributed by atoms with Gasteiger partial charge in [-0.1, -0.05) is 20.8 Å². The number of rotatable bonds is 8. The normalized spacial score (nSPS) is 11.3. The quantitative estimate of drug-likeness (QED) is 0.463. The van der Waals surface area contributed by atoms with Crippen LogP contribution >= 0.6 is 0 Å². The maximum atomic E-state index is 5.24. The van der Waals surface area contributed by atoms with Crippen molar-refractivity contribution in [2.75, 3.05) is 13.1 Å². The monoisotopic (exact) mass is 195 g/mol. The van der Waals surface area contributed by atoms with Gasteiger partial charge in [0, 0.05) is 6.42 Å². The second kappa shape index (κ2) is 7.88. The molecule has 0 aliphatic heterocycles. The molecule has 14 heavy (non-hydrogen) atoms. The van der Waals surface area contributed by atoms with E-state index in [1.807, 2.05) is 0 Å². The smallest absolute Gasteiger partial charge is 0.00862 e. The molecule has 0 aliphatic carbocycles. The Kier molecular flexibility index (Phi) is 7.61. The summed E-state index contributed by atoms with van der Waals surface area (Å²) in [7, 11) is 0. The van der Waals surface area contributed by atoms with E-state index in [9.17, 15) is 0 Å². The Hall–Kier alpha value is -0.480. The van der Waals surface area contributed by atoms with Crippen LogP contribution in [0.4, 0.5) is 0 Å². The van der Waals surface area contributed by atoms with Crippen molar-refractivity contribution >= 4 is 0 Å². The summed E-state index contributed by atoms with van der Waals surface area (Å²) in [6, 6.07) is 0. The Morgan fingerprint density at radius 1 is 1.21 bits per heavy atom. The molecule has 0 spiro atoms. The molecule has 0 heterocycles. The van der Waals surface area contributed by atoms with Gasteiger partial charge in [0.05, 0.1) is 0 Å². The Morgan fingerprint density at radius 2 is 1.93 bits per heavy atom. The van der Waals surface area contributed by atoms with Gasteiger partial charge in [0.1, 0.15) is 0 Å². The van der Waals surface area contributed by atoms with Crippen molar-refractivity contribution in [1.82, 2.24) is 5.32 Å². The zero-order valence-corrected chi connectivity index (χ0v) is 10.0. The van der Waals surface area contributed by atoms with Crippen LogP contribution in [0.25, 0.3) is 0 Å². The summed E-state index contributed by atoms with van der Waals surface area (Å²) < 4.78 is 0. The van der Waals surface area contributed by atoms with Crippen molar-refractivity contribution in [3.8, 4) is 12.3 Å². The molecule has 1 N–H and O–H groups in total. The third kappa shape index (κ3) is 8.13. The zero-order chi connectivity index (χ0) is 10.9. The molecule has 0 atom stereocenters. The average molecular weight is 195 g/mol. The molecule has 0 saturated heterocycles. The highest BCUT2D eigenvalue weighted by atomic mass is 14.8. The molecule has 0 aromatic rings. The number of nitrogens with one attached hydrogen (secondary N) is 1. The van der Waals surface area contributed by atoms with Gasteiger partial charge in [-0.3, -0.25) is 0 Å². The molecule has 0 unspecified atom stereocenters. The first-order chi connectivity index (χ1) is 6.62. The number of hydrogen-bond donors (Lipinski definition) is 1. The number of terminal acetylenes is 1. The highest BCUT2D eigenvalue weighted by molar-refractivity contribution is 4.84. The van der Waals surface area contributed by atoms with E-state index in [1.54, 1.807) is 0 Å². The summed E-state index contributed by atoms with van der Waals surface area (Å²) in [6.45, 7) is 9.14. The van der Waals surface area contributed by atoms with Crippen LogP contribution < -0.4 is 5.32 Å². The summed E-state index contributed by atoms with van der Waals surface area (Å²) in [5, 5.41) is 3.44. The first kappa shape index (κ1) is 13.5. The molecule has 0 aromatic heterocycles. The fraction of sp³-hybridized carbons (Fsp3) is 0.846. The van der Waals surface area contributed by atoms with Gasteiger partial charge in [-0.15, -0.1) is 12.3 Å². The Morgan fingerprint density at radius 3 is 2.50 bits per heavy atom. The van der Waals surface area contributed by atoms with E-state index in [2.05, 4.69) is 32.0 Å². The maximum absolute atomic E-state index is 5.24. The lowest BCUT2D eigenvalue weighted by atomic mass is 9.84. The van der Waals surface area contributed by atoms with Crippen LogP contribution in [-0.4, -0.2) is 13.1 Å². The van der Waals surface area contributed by atoms with E-state index in [1.165, 1.54) is 19.3 Å². The van der Waals surface area contributed by atoms with E-state index in [0.717, 1.165) is 25.9 Å².